The summed E-state index contributed by atoms with van der Waals surface area (Å²) in [5, 5.41) is 13.0. The highest BCUT2D eigenvalue weighted by molar-refractivity contribution is 5.85. The molecule has 0 heterocycles. The quantitative estimate of drug-likeness (QED) is 0.868. The maximum absolute atomic E-state index is 12.0. The van der Waals surface area contributed by atoms with Gasteiger partial charge in [0.1, 0.15) is 5.60 Å². The van der Waals surface area contributed by atoms with Crippen LogP contribution in [-0.4, -0.2) is 30.7 Å². The molecule has 0 aliphatic heterocycles. The number of nitrogens with zero attached hydrogens (tertiary/aromatic N) is 1. The second kappa shape index (κ2) is 5.61. The fourth-order valence-corrected chi connectivity index (χ4v) is 2.48. The first-order chi connectivity index (χ1) is 9.01. The normalized spacial score (nSPS) is 17.2. The molecule has 2 rings (SSSR count). The van der Waals surface area contributed by atoms with Crippen LogP contribution in [0.3, 0.4) is 0 Å². The zero-order chi connectivity index (χ0) is 13.9. The smallest absolute Gasteiger partial charge is 0.252 e. The van der Waals surface area contributed by atoms with Crippen molar-refractivity contribution in [1.82, 2.24) is 5.32 Å². The molecular weight excluding hydrogens is 240 g/mol. The van der Waals surface area contributed by atoms with E-state index in [1.807, 2.05) is 43.3 Å². The Hall–Kier alpha value is -1.55. The standard InChI is InChI=1S/C15H22N2O2/c1-17(2)13-7-5-6-12(10-13)11-16-14(18)15(19)8-3-4-9-15/h5-7,10,19H,3-4,8-9,11H2,1-2H3,(H,16,18). The third-order valence-corrected chi connectivity index (χ3v) is 3.73. The molecule has 1 aliphatic carbocycles. The highest BCUT2D eigenvalue weighted by atomic mass is 16.3. The number of anilines is 1. The molecule has 2 N–H and O–H groups in total. The Bertz CT molecular complexity index is 451. The molecule has 1 aliphatic rings. The maximum Gasteiger partial charge on any atom is 0.252 e. The molecule has 19 heavy (non-hydrogen) atoms. The van der Waals surface area contributed by atoms with Crippen LogP contribution in [0, 0.1) is 0 Å². The highest BCUT2D eigenvalue weighted by Crippen LogP contribution is 2.29. The number of benzene rings is 1. The summed E-state index contributed by atoms with van der Waals surface area (Å²) in [7, 11) is 3.97. The molecule has 0 spiro atoms. The molecule has 1 amide bonds. The van der Waals surface area contributed by atoms with Crippen molar-refractivity contribution in [2.45, 2.75) is 37.8 Å². The summed E-state index contributed by atoms with van der Waals surface area (Å²) in [5.74, 6) is -0.236. The van der Waals surface area contributed by atoms with Crippen LogP contribution < -0.4 is 10.2 Å². The number of hydrogen-bond acceptors (Lipinski definition) is 3. The molecule has 0 unspecified atom stereocenters. The highest BCUT2D eigenvalue weighted by Gasteiger charge is 2.38. The molecule has 1 aromatic carbocycles. The number of nitrogens with one attached hydrogen (secondary N) is 1. The topological polar surface area (TPSA) is 52.6 Å². The maximum atomic E-state index is 12.0. The third-order valence-electron chi connectivity index (χ3n) is 3.73. The van der Waals surface area contributed by atoms with E-state index in [0.717, 1.165) is 24.1 Å². The second-order valence-electron chi connectivity index (χ2n) is 5.49. The van der Waals surface area contributed by atoms with E-state index >= 15 is 0 Å². The number of carbonyl (C=O) groups is 1. The molecule has 0 bridgehead atoms. The SMILES string of the molecule is CN(C)c1cccc(CNC(=O)C2(O)CCCC2)c1. The minimum absolute atomic E-state index is 0.236. The summed E-state index contributed by atoms with van der Waals surface area (Å²) in [6.45, 7) is 0.461. The Morgan fingerprint density at radius 3 is 2.68 bits per heavy atom. The van der Waals surface area contributed by atoms with Gasteiger partial charge in [0.25, 0.3) is 5.91 Å². The van der Waals surface area contributed by atoms with Crippen LogP contribution in [0.1, 0.15) is 31.2 Å². The first kappa shape index (κ1) is 13.9. The molecule has 0 saturated heterocycles. The predicted octanol–water partition coefficient (Wildman–Crippen LogP) is 1.67. The van der Waals surface area contributed by atoms with Crippen LogP contribution in [0.5, 0.6) is 0 Å². The minimum atomic E-state index is -1.14. The molecule has 4 heteroatoms. The number of hydrogen-bond donors (Lipinski definition) is 2. The van der Waals surface area contributed by atoms with E-state index < -0.39 is 5.60 Å². The Morgan fingerprint density at radius 2 is 2.05 bits per heavy atom. The van der Waals surface area contributed by atoms with E-state index in [9.17, 15) is 9.90 Å². The zero-order valence-electron chi connectivity index (χ0n) is 11.6. The van der Waals surface area contributed by atoms with Crippen molar-refractivity contribution >= 4 is 11.6 Å². The van der Waals surface area contributed by atoms with E-state index in [4.69, 9.17) is 0 Å². The van der Waals surface area contributed by atoms with Gasteiger partial charge in [-0.25, -0.2) is 0 Å². The lowest BCUT2D eigenvalue weighted by molar-refractivity contribution is -0.139. The molecule has 1 aromatic rings. The van der Waals surface area contributed by atoms with Gasteiger partial charge in [-0.2, -0.15) is 0 Å². The van der Waals surface area contributed by atoms with Gasteiger partial charge in [-0.3, -0.25) is 4.79 Å². The van der Waals surface area contributed by atoms with E-state index in [-0.39, 0.29) is 5.91 Å². The van der Waals surface area contributed by atoms with Crippen molar-refractivity contribution < 1.29 is 9.90 Å². The Balaban J connectivity index is 1.95. The average molecular weight is 262 g/mol. The van der Waals surface area contributed by atoms with Gasteiger partial charge in [-0.1, -0.05) is 12.1 Å². The van der Waals surface area contributed by atoms with Crippen LogP contribution >= 0.6 is 0 Å². The van der Waals surface area contributed by atoms with Crippen LogP contribution in [0.2, 0.25) is 0 Å². The zero-order valence-corrected chi connectivity index (χ0v) is 11.6. The van der Waals surface area contributed by atoms with E-state index in [0.29, 0.717) is 19.4 Å². The molecule has 0 radical (unpaired) electrons. The van der Waals surface area contributed by atoms with Crippen molar-refractivity contribution in [3.8, 4) is 0 Å². The van der Waals surface area contributed by atoms with Gasteiger partial charge in [0.2, 0.25) is 0 Å². The first-order valence-corrected chi connectivity index (χ1v) is 6.78. The first-order valence-electron chi connectivity index (χ1n) is 6.78. The lowest BCUT2D eigenvalue weighted by Gasteiger charge is -2.21. The fourth-order valence-electron chi connectivity index (χ4n) is 2.48. The van der Waals surface area contributed by atoms with Crippen LogP contribution in [0.4, 0.5) is 5.69 Å². The molecular formula is C15H22N2O2. The lowest BCUT2D eigenvalue weighted by Crippen LogP contribution is -2.44. The van der Waals surface area contributed by atoms with Crippen molar-refractivity contribution in [2.75, 3.05) is 19.0 Å². The number of carbonyl (C=O) groups excluding carboxylic acids is 1. The summed E-state index contributed by atoms with van der Waals surface area (Å²) in [6, 6.07) is 8.02. The number of rotatable bonds is 4. The van der Waals surface area contributed by atoms with Gasteiger partial charge in [0.05, 0.1) is 0 Å². The van der Waals surface area contributed by atoms with E-state index in [2.05, 4.69) is 5.32 Å². The molecule has 104 valence electrons. The van der Waals surface area contributed by atoms with Crippen LogP contribution in [-0.2, 0) is 11.3 Å². The largest absolute Gasteiger partial charge is 0.380 e. The molecule has 4 nitrogen and oxygen atoms in total. The van der Waals surface area contributed by atoms with Crippen molar-refractivity contribution in [2.24, 2.45) is 0 Å². The van der Waals surface area contributed by atoms with Gasteiger partial charge in [-0.05, 0) is 43.4 Å². The van der Waals surface area contributed by atoms with E-state index in [1.165, 1.54) is 0 Å². The van der Waals surface area contributed by atoms with Crippen molar-refractivity contribution in [3.05, 3.63) is 29.8 Å². The van der Waals surface area contributed by atoms with Gasteiger partial charge in [0, 0.05) is 26.3 Å². The monoisotopic (exact) mass is 262 g/mol. The van der Waals surface area contributed by atoms with Gasteiger partial charge in [0.15, 0.2) is 0 Å². The summed E-state index contributed by atoms with van der Waals surface area (Å²) in [5.41, 5.74) is 1.01. The van der Waals surface area contributed by atoms with Crippen molar-refractivity contribution in [3.63, 3.8) is 0 Å². The lowest BCUT2D eigenvalue weighted by atomic mass is 10.0. The summed E-state index contributed by atoms with van der Waals surface area (Å²) < 4.78 is 0. The second-order valence-corrected chi connectivity index (χ2v) is 5.49. The summed E-state index contributed by atoms with van der Waals surface area (Å²) in [6.07, 6.45) is 3.02. The Labute approximate surface area is 114 Å². The third kappa shape index (κ3) is 3.26. The Morgan fingerprint density at radius 1 is 1.37 bits per heavy atom. The number of aliphatic hydroxyl groups is 1. The summed E-state index contributed by atoms with van der Waals surface area (Å²) in [4.78, 5) is 14.0. The minimum Gasteiger partial charge on any atom is -0.380 e. The molecule has 1 saturated carbocycles. The van der Waals surface area contributed by atoms with E-state index in [1.54, 1.807) is 0 Å². The number of amides is 1. The fraction of sp³-hybridized carbons (Fsp3) is 0.533. The van der Waals surface area contributed by atoms with Crippen LogP contribution in [0.25, 0.3) is 0 Å². The van der Waals surface area contributed by atoms with Gasteiger partial charge in [-0.15, -0.1) is 0 Å². The predicted molar refractivity (Wildman–Crippen MR) is 76.0 cm³/mol. The summed E-state index contributed by atoms with van der Waals surface area (Å²) >= 11 is 0. The van der Waals surface area contributed by atoms with Gasteiger partial charge >= 0.3 is 0 Å². The molecule has 1 fully saturated rings. The molecule has 0 aromatic heterocycles. The van der Waals surface area contributed by atoms with Crippen LogP contribution in [0.15, 0.2) is 24.3 Å². The molecule has 0 atom stereocenters. The average Bonchev–Trinajstić information content (AvgIpc) is 2.84. The van der Waals surface area contributed by atoms with Gasteiger partial charge < -0.3 is 15.3 Å². The van der Waals surface area contributed by atoms with Crippen molar-refractivity contribution in [1.29, 1.82) is 0 Å². The Kier molecular flexibility index (Phi) is 4.10.